The first-order valence-electron chi connectivity index (χ1n) is 7.74. The molecule has 1 heterocycles. The highest BCUT2D eigenvalue weighted by atomic mass is 16.1. The van der Waals surface area contributed by atoms with Crippen molar-refractivity contribution in [3.63, 3.8) is 0 Å². The van der Waals surface area contributed by atoms with Crippen molar-refractivity contribution in [2.75, 3.05) is 16.0 Å². The first-order chi connectivity index (χ1) is 12.6. The van der Waals surface area contributed by atoms with E-state index in [0.29, 0.717) is 28.7 Å². The number of anilines is 5. The lowest BCUT2D eigenvalue weighted by Gasteiger charge is -2.09. The zero-order chi connectivity index (χ0) is 18.4. The van der Waals surface area contributed by atoms with Crippen LogP contribution in [0.1, 0.15) is 12.5 Å². The minimum atomic E-state index is -0.130. The van der Waals surface area contributed by atoms with Gasteiger partial charge in [0.15, 0.2) is 5.82 Å². The lowest BCUT2D eigenvalue weighted by Crippen LogP contribution is -2.06. The molecule has 26 heavy (non-hydrogen) atoms. The van der Waals surface area contributed by atoms with Crippen LogP contribution in [0.2, 0.25) is 0 Å². The lowest BCUT2D eigenvalue weighted by molar-refractivity contribution is -0.114. The van der Waals surface area contributed by atoms with Crippen LogP contribution in [0.5, 0.6) is 0 Å². The summed E-state index contributed by atoms with van der Waals surface area (Å²) in [6, 6.07) is 16.4. The van der Waals surface area contributed by atoms with Gasteiger partial charge >= 0.3 is 0 Å². The van der Waals surface area contributed by atoms with Crippen LogP contribution >= 0.6 is 0 Å². The molecule has 0 saturated heterocycles. The normalized spacial score (nSPS) is 9.85. The molecule has 0 aliphatic carbocycles. The fourth-order valence-corrected chi connectivity index (χ4v) is 2.21. The van der Waals surface area contributed by atoms with Gasteiger partial charge in [0.1, 0.15) is 6.07 Å². The van der Waals surface area contributed by atoms with Crippen LogP contribution in [-0.2, 0) is 4.79 Å². The Morgan fingerprint density at radius 2 is 1.77 bits per heavy atom. The van der Waals surface area contributed by atoms with Gasteiger partial charge in [0.2, 0.25) is 11.9 Å². The summed E-state index contributed by atoms with van der Waals surface area (Å²) in [5, 5.41) is 25.8. The summed E-state index contributed by atoms with van der Waals surface area (Å²) < 4.78 is 0. The molecule has 3 aromatic rings. The number of aromatic nitrogens is 3. The molecule has 128 valence electrons. The van der Waals surface area contributed by atoms with E-state index in [1.165, 1.54) is 13.1 Å². The highest BCUT2D eigenvalue weighted by molar-refractivity contribution is 5.88. The molecule has 0 unspecified atom stereocenters. The quantitative estimate of drug-likeness (QED) is 0.650. The largest absolute Gasteiger partial charge is 0.338 e. The van der Waals surface area contributed by atoms with Gasteiger partial charge in [-0.15, -0.1) is 5.10 Å². The number of carbonyl (C=O) groups is 1. The van der Waals surface area contributed by atoms with E-state index in [2.05, 4.69) is 37.2 Å². The predicted molar refractivity (Wildman–Crippen MR) is 98.3 cm³/mol. The molecule has 3 N–H and O–H groups in total. The maximum Gasteiger partial charge on any atom is 0.249 e. The Bertz CT molecular complexity index is 964. The molecule has 3 rings (SSSR count). The van der Waals surface area contributed by atoms with Gasteiger partial charge in [0, 0.05) is 18.3 Å². The van der Waals surface area contributed by atoms with Crippen LogP contribution in [-0.4, -0.2) is 21.1 Å². The topological polar surface area (TPSA) is 116 Å². The lowest BCUT2D eigenvalue weighted by atomic mass is 10.2. The molecule has 0 radical (unpaired) electrons. The van der Waals surface area contributed by atoms with E-state index < -0.39 is 0 Å². The molecule has 1 aromatic heterocycles. The Kier molecular flexibility index (Phi) is 5.00. The highest BCUT2D eigenvalue weighted by Crippen LogP contribution is 2.20. The summed E-state index contributed by atoms with van der Waals surface area (Å²) in [7, 11) is 0. The van der Waals surface area contributed by atoms with Crippen molar-refractivity contribution < 1.29 is 4.79 Å². The zero-order valence-electron chi connectivity index (χ0n) is 13.9. The molecule has 0 atom stereocenters. The van der Waals surface area contributed by atoms with Crippen molar-refractivity contribution in [2.45, 2.75) is 6.92 Å². The maximum absolute atomic E-state index is 11.0. The predicted octanol–water partition coefficient (Wildman–Crippen LogP) is 3.19. The third kappa shape index (κ3) is 4.30. The minimum Gasteiger partial charge on any atom is -0.338 e. The Labute approximate surface area is 149 Å². The van der Waals surface area contributed by atoms with Crippen LogP contribution in [0.4, 0.5) is 28.8 Å². The summed E-state index contributed by atoms with van der Waals surface area (Å²) in [5.74, 6) is 0.631. The molecule has 1 amide bonds. The molecule has 0 saturated carbocycles. The summed E-state index contributed by atoms with van der Waals surface area (Å²) >= 11 is 0. The molecule has 0 fully saturated rings. The molecule has 0 bridgehead atoms. The van der Waals surface area contributed by atoms with Crippen molar-refractivity contribution in [1.82, 2.24) is 15.2 Å². The molecule has 8 nitrogen and oxygen atoms in total. The summed E-state index contributed by atoms with van der Waals surface area (Å²) in [5.41, 5.74) is 2.59. The van der Waals surface area contributed by atoms with Crippen molar-refractivity contribution in [3.8, 4) is 6.07 Å². The Morgan fingerprint density at radius 1 is 1.04 bits per heavy atom. The van der Waals surface area contributed by atoms with Gasteiger partial charge in [0.05, 0.1) is 17.4 Å². The van der Waals surface area contributed by atoms with Gasteiger partial charge in [0.25, 0.3) is 0 Å². The van der Waals surface area contributed by atoms with Crippen molar-refractivity contribution >= 4 is 34.7 Å². The summed E-state index contributed by atoms with van der Waals surface area (Å²) in [6.07, 6.45) is 1.47. The third-order valence-corrected chi connectivity index (χ3v) is 3.33. The van der Waals surface area contributed by atoms with Crippen LogP contribution in [0.15, 0.2) is 54.7 Å². The molecular weight excluding hydrogens is 330 g/mol. The molecule has 8 heteroatoms. The van der Waals surface area contributed by atoms with E-state index in [-0.39, 0.29) is 5.91 Å². The average Bonchev–Trinajstić information content (AvgIpc) is 2.64. The third-order valence-electron chi connectivity index (χ3n) is 3.33. The average molecular weight is 345 g/mol. The van der Waals surface area contributed by atoms with Crippen molar-refractivity contribution in [3.05, 3.63) is 60.3 Å². The van der Waals surface area contributed by atoms with E-state index in [4.69, 9.17) is 5.26 Å². The van der Waals surface area contributed by atoms with Gasteiger partial charge in [-0.3, -0.25) is 4.79 Å². The van der Waals surface area contributed by atoms with E-state index in [1.54, 1.807) is 42.5 Å². The molecule has 0 spiro atoms. The standard InChI is InChI=1S/C18H15N7O/c1-12(26)21-14-6-8-15(9-7-14)22-18-24-17(11-20-25-18)23-16-5-3-2-4-13(16)10-19/h2-9,11H,1H3,(H,21,26)(H2,22,23,24,25). The van der Waals surface area contributed by atoms with E-state index in [9.17, 15) is 4.79 Å². The number of rotatable bonds is 5. The van der Waals surface area contributed by atoms with Gasteiger partial charge in [-0.2, -0.15) is 15.3 Å². The SMILES string of the molecule is CC(=O)Nc1ccc(Nc2nncc(Nc3ccccc3C#N)n2)cc1. The fourth-order valence-electron chi connectivity index (χ4n) is 2.21. The van der Waals surface area contributed by atoms with E-state index >= 15 is 0 Å². The van der Waals surface area contributed by atoms with Crippen molar-refractivity contribution in [1.29, 1.82) is 5.26 Å². The number of nitriles is 1. The van der Waals surface area contributed by atoms with Crippen molar-refractivity contribution in [2.24, 2.45) is 0 Å². The molecule has 2 aromatic carbocycles. The zero-order valence-corrected chi connectivity index (χ0v) is 13.9. The number of benzene rings is 2. The monoisotopic (exact) mass is 345 g/mol. The summed E-state index contributed by atoms with van der Waals surface area (Å²) in [6.45, 7) is 1.45. The number of hydrogen-bond donors (Lipinski definition) is 3. The Morgan fingerprint density at radius 3 is 2.50 bits per heavy atom. The summed E-state index contributed by atoms with van der Waals surface area (Å²) in [4.78, 5) is 15.4. The van der Waals surface area contributed by atoms with Crippen LogP contribution in [0, 0.1) is 11.3 Å². The van der Waals surface area contributed by atoms with Gasteiger partial charge < -0.3 is 16.0 Å². The minimum absolute atomic E-state index is 0.130. The molecular formula is C18H15N7O. The number of para-hydroxylation sites is 1. The number of nitrogens with zero attached hydrogens (tertiary/aromatic N) is 4. The maximum atomic E-state index is 11.0. The Hall–Kier alpha value is -3.99. The molecule has 0 aliphatic heterocycles. The second kappa shape index (κ2) is 7.72. The highest BCUT2D eigenvalue weighted by Gasteiger charge is 2.05. The molecule has 0 aliphatic rings. The first kappa shape index (κ1) is 16.9. The first-order valence-corrected chi connectivity index (χ1v) is 7.74. The van der Waals surface area contributed by atoms with E-state index in [0.717, 1.165) is 5.69 Å². The van der Waals surface area contributed by atoms with Crippen LogP contribution in [0.3, 0.4) is 0 Å². The second-order valence-electron chi connectivity index (χ2n) is 5.33. The second-order valence-corrected chi connectivity index (χ2v) is 5.33. The van der Waals surface area contributed by atoms with Crippen LogP contribution < -0.4 is 16.0 Å². The number of carbonyl (C=O) groups excluding carboxylic acids is 1. The van der Waals surface area contributed by atoms with E-state index in [1.807, 2.05) is 6.07 Å². The number of hydrogen-bond acceptors (Lipinski definition) is 7. The van der Waals surface area contributed by atoms with Crippen LogP contribution in [0.25, 0.3) is 0 Å². The number of amides is 1. The van der Waals surface area contributed by atoms with Gasteiger partial charge in [-0.05, 0) is 36.4 Å². The number of nitrogens with one attached hydrogen (secondary N) is 3. The van der Waals surface area contributed by atoms with Gasteiger partial charge in [-0.1, -0.05) is 12.1 Å². The fraction of sp³-hybridized carbons (Fsp3) is 0.0556. The van der Waals surface area contributed by atoms with Gasteiger partial charge in [-0.25, -0.2) is 0 Å². The smallest absolute Gasteiger partial charge is 0.249 e. The Balaban J connectivity index is 1.73.